The number of ether oxygens (including phenoxy) is 2. The second kappa shape index (κ2) is 23.0. The Hall–Kier alpha value is -7.73. The molecule has 81 heavy (non-hydrogen) atoms. The number of aromatic nitrogens is 10. The van der Waals surface area contributed by atoms with Crippen molar-refractivity contribution in [3.8, 4) is 22.5 Å². The number of fused-ring (bicyclic) bond motifs is 2. The second-order valence-electron chi connectivity index (χ2n) is 22.4. The van der Waals surface area contributed by atoms with E-state index in [2.05, 4.69) is 86.1 Å². The van der Waals surface area contributed by atoms with Crippen LogP contribution >= 0.6 is 0 Å². The first-order chi connectivity index (χ1) is 38.7. The van der Waals surface area contributed by atoms with Crippen molar-refractivity contribution in [1.29, 1.82) is 0 Å². The zero-order valence-electron chi connectivity index (χ0n) is 47.4. The number of aryl methyl sites for hydroxylation is 2. The highest BCUT2D eigenvalue weighted by atomic mass is 19.1. The zero-order chi connectivity index (χ0) is 57.5. The molecule has 0 bridgehead atoms. The monoisotopic (exact) mass is 1110 g/mol. The third kappa shape index (κ3) is 12.2. The van der Waals surface area contributed by atoms with E-state index in [0.29, 0.717) is 78.2 Å². The number of likely N-dealkylation sites (N-methyl/N-ethyl adjacent to an activating group) is 1. The van der Waals surface area contributed by atoms with E-state index in [1.165, 1.54) is 19.2 Å². The third-order valence-electron chi connectivity index (χ3n) is 15.3. The molecule has 6 aromatic heterocycles. The average molecular weight is 1110 g/mol. The molecule has 3 saturated heterocycles. The van der Waals surface area contributed by atoms with E-state index in [9.17, 15) is 18.0 Å². The molecule has 1 amide bonds. The number of anilines is 4. The predicted molar refractivity (Wildman–Crippen MR) is 301 cm³/mol. The summed E-state index contributed by atoms with van der Waals surface area (Å²) in [7, 11) is 3.55. The largest absolute Gasteiger partial charge is 0.453 e. The zero-order valence-corrected chi connectivity index (χ0v) is 47.4. The van der Waals surface area contributed by atoms with Crippen LogP contribution in [0.4, 0.5) is 45.9 Å². The van der Waals surface area contributed by atoms with Gasteiger partial charge in [0.2, 0.25) is 11.9 Å². The summed E-state index contributed by atoms with van der Waals surface area (Å²) in [5, 5.41) is 6.07. The molecule has 3 fully saturated rings. The molecule has 0 radical (unpaired) electrons. The van der Waals surface area contributed by atoms with Gasteiger partial charge in [0.05, 0.1) is 43.7 Å². The molecule has 2 aromatic carbocycles. The minimum atomic E-state index is -0.666. The number of morpholine rings is 1. The number of halogens is 4. The number of hydrogen-bond donors (Lipinski definition) is 2. The van der Waals surface area contributed by atoms with Crippen LogP contribution in [0, 0.1) is 37.1 Å². The molecule has 8 aromatic rings. The van der Waals surface area contributed by atoms with Gasteiger partial charge in [0.25, 0.3) is 0 Å². The van der Waals surface area contributed by atoms with Gasteiger partial charge in [-0.15, -0.1) is 0 Å². The van der Waals surface area contributed by atoms with Gasteiger partial charge >= 0.3 is 6.09 Å². The maximum Gasteiger partial charge on any atom is 0.409 e. The summed E-state index contributed by atoms with van der Waals surface area (Å²) in [5.41, 5.74) is 4.12. The van der Waals surface area contributed by atoms with Crippen molar-refractivity contribution < 1.29 is 31.8 Å². The van der Waals surface area contributed by atoms with Gasteiger partial charge in [-0.05, 0) is 116 Å². The summed E-state index contributed by atoms with van der Waals surface area (Å²) in [6.07, 6.45) is 6.18. The normalized spacial score (nSPS) is 17.9. The highest BCUT2D eigenvalue weighted by Crippen LogP contribution is 2.34. The molecule has 23 heteroatoms. The number of imidazole rings is 2. The summed E-state index contributed by atoms with van der Waals surface area (Å²) < 4.78 is 74.5. The van der Waals surface area contributed by atoms with Crippen molar-refractivity contribution in [2.45, 2.75) is 98.1 Å². The van der Waals surface area contributed by atoms with Gasteiger partial charge in [0.15, 0.2) is 23.3 Å². The fraction of sp³-hybridized carbons (Fsp3) is 0.431. The van der Waals surface area contributed by atoms with Crippen LogP contribution in [0.15, 0.2) is 73.3 Å². The first-order valence-electron chi connectivity index (χ1n) is 27.1. The highest BCUT2D eigenvalue weighted by Gasteiger charge is 2.44. The SMILES string of the molecule is COC(=O)N1CC[C@@]2(CN(Cc3ccc(Nc4ncc(F)c(-c5cc(F)c6nc(C)n(C(C)C)c6c5)n4)nc3)CCO2)C1.Cc1nc2c(F)cc(-c3nc(Nc4ccc(CN5CCN(C)C(C)(C)C5)cn4)ncc3F)cc2n1C(C)C. The van der Waals surface area contributed by atoms with Gasteiger partial charge in [-0.3, -0.25) is 14.7 Å². The van der Waals surface area contributed by atoms with Gasteiger partial charge in [-0.25, -0.2) is 62.2 Å². The average Bonchev–Trinajstić information content (AvgIpc) is 4.13. The summed E-state index contributed by atoms with van der Waals surface area (Å²) in [6, 6.07) is 13.7. The number of nitrogens with zero attached hydrogens (tertiary/aromatic N) is 14. The first-order valence-corrected chi connectivity index (χ1v) is 27.1. The van der Waals surface area contributed by atoms with Crippen LogP contribution in [-0.2, 0) is 22.6 Å². The number of pyridine rings is 2. The van der Waals surface area contributed by atoms with Crippen molar-refractivity contribution in [2.24, 2.45) is 0 Å². The molecule has 0 saturated carbocycles. The number of methoxy groups -OCH3 is 1. The lowest BCUT2D eigenvalue weighted by Crippen LogP contribution is -2.57. The summed E-state index contributed by atoms with van der Waals surface area (Å²) >= 11 is 0. The predicted octanol–water partition coefficient (Wildman–Crippen LogP) is 10.2. The maximum absolute atomic E-state index is 15.0. The van der Waals surface area contributed by atoms with Crippen LogP contribution in [-0.4, -0.2) is 152 Å². The molecule has 3 aliphatic rings. The van der Waals surface area contributed by atoms with Crippen LogP contribution in [0.3, 0.4) is 0 Å². The number of hydrogen-bond acceptors (Lipinski definition) is 16. The molecule has 1 atom stereocenters. The third-order valence-corrected chi connectivity index (χ3v) is 15.3. The van der Waals surface area contributed by atoms with Crippen LogP contribution in [0.25, 0.3) is 44.6 Å². The molecular formula is C58H68F4N16O3. The van der Waals surface area contributed by atoms with Crippen molar-refractivity contribution in [3.63, 3.8) is 0 Å². The van der Waals surface area contributed by atoms with Crippen molar-refractivity contribution in [3.05, 3.63) is 119 Å². The van der Waals surface area contributed by atoms with Gasteiger partial charge in [0, 0.05) is 93.5 Å². The van der Waals surface area contributed by atoms with E-state index in [1.54, 1.807) is 23.2 Å². The Kier molecular flexibility index (Phi) is 16.1. The lowest BCUT2D eigenvalue weighted by Gasteiger charge is -2.45. The van der Waals surface area contributed by atoms with E-state index in [0.717, 1.165) is 62.7 Å². The Bertz CT molecular complexity index is 3590. The van der Waals surface area contributed by atoms with E-state index >= 15 is 4.39 Å². The van der Waals surface area contributed by atoms with Crippen molar-refractivity contribution >= 4 is 51.7 Å². The van der Waals surface area contributed by atoms with Crippen LogP contribution in [0.2, 0.25) is 0 Å². The number of carbonyl (C=O) groups excluding carboxylic acids is 1. The minimum absolute atomic E-state index is 0.00626. The van der Waals surface area contributed by atoms with Gasteiger partial charge in [-0.2, -0.15) is 0 Å². The number of amides is 1. The number of piperazine rings is 1. The van der Waals surface area contributed by atoms with Gasteiger partial charge in [-0.1, -0.05) is 12.1 Å². The number of nitrogens with one attached hydrogen (secondary N) is 2. The van der Waals surface area contributed by atoms with E-state index < -0.39 is 23.3 Å². The van der Waals surface area contributed by atoms with Crippen LogP contribution < -0.4 is 10.6 Å². The Labute approximate surface area is 467 Å². The molecule has 11 rings (SSSR count). The van der Waals surface area contributed by atoms with Crippen molar-refractivity contribution in [2.75, 3.05) is 77.2 Å². The molecule has 0 unspecified atom stereocenters. The molecule has 19 nitrogen and oxygen atoms in total. The fourth-order valence-corrected chi connectivity index (χ4v) is 11.2. The molecule has 0 aliphatic carbocycles. The number of carbonyl (C=O) groups is 1. The summed E-state index contributed by atoms with van der Waals surface area (Å²) in [4.78, 5) is 55.3. The topological polar surface area (TPSA) is 186 Å². The Morgan fingerprint density at radius 2 is 1.15 bits per heavy atom. The number of rotatable bonds is 12. The number of benzene rings is 2. The summed E-state index contributed by atoms with van der Waals surface area (Å²) in [6.45, 7) is 23.8. The smallest absolute Gasteiger partial charge is 0.409 e. The number of likely N-dealkylation sites (tertiary alicyclic amines) is 1. The van der Waals surface area contributed by atoms with E-state index in [1.807, 2.05) is 81.1 Å². The Morgan fingerprint density at radius 3 is 1.60 bits per heavy atom. The quantitative estimate of drug-likeness (QED) is 0.110. The summed E-state index contributed by atoms with van der Waals surface area (Å²) in [5.74, 6) is 0.349. The van der Waals surface area contributed by atoms with Gasteiger partial charge < -0.3 is 34.1 Å². The standard InChI is InChI=1S/C30H34F2N8O3.C28H34F2N8/c1-18(2)40-19(3)35-27-22(31)11-21(12-24(27)40)26-23(32)14-34-28(37-26)36-25-6-5-20(13-33-25)15-38-9-10-43-30(16-38)7-8-39(17-30)29(41)42-4;1-17(2)38-18(3)33-26-21(29)11-20(12-23(26)38)25-22(30)14-32-27(35-25)34-24-8-7-19(13-31-24)15-37-10-9-36(6)28(4,5)16-37/h5-6,11-14,18H,7-10,15-17H2,1-4H3,(H,33,34,36,37);7-8,11-14,17H,9-10,15-16H2,1-6H3,(H,31,32,34,35)/t30-;/m1./s1. The molecule has 2 N–H and O–H groups in total. The molecule has 1 spiro atoms. The van der Waals surface area contributed by atoms with Crippen LogP contribution in [0.5, 0.6) is 0 Å². The van der Waals surface area contributed by atoms with Crippen LogP contribution in [0.1, 0.15) is 82.8 Å². The molecule has 9 heterocycles. The molecule has 3 aliphatic heterocycles. The lowest BCUT2D eigenvalue weighted by atomic mass is 9.99. The second-order valence-corrected chi connectivity index (χ2v) is 22.4. The Morgan fingerprint density at radius 1 is 0.642 bits per heavy atom. The van der Waals surface area contributed by atoms with E-state index in [-0.39, 0.29) is 63.6 Å². The Balaban J connectivity index is 0.000000183. The van der Waals surface area contributed by atoms with Gasteiger partial charge in [0.1, 0.15) is 51.3 Å². The van der Waals surface area contributed by atoms with Crippen molar-refractivity contribution in [1.82, 2.24) is 68.6 Å². The highest BCUT2D eigenvalue weighted by molar-refractivity contribution is 5.84. The fourth-order valence-electron chi connectivity index (χ4n) is 11.2. The molecule has 426 valence electrons. The first kappa shape index (κ1) is 56.5. The lowest BCUT2D eigenvalue weighted by molar-refractivity contribution is -0.102. The molecular weight excluding hydrogens is 1040 g/mol. The minimum Gasteiger partial charge on any atom is -0.453 e. The van der Waals surface area contributed by atoms with E-state index in [4.69, 9.17) is 9.47 Å². The maximum atomic E-state index is 15.0.